The second-order valence-corrected chi connectivity index (χ2v) is 6.49. The van der Waals surface area contributed by atoms with Crippen molar-refractivity contribution in [3.8, 4) is 11.4 Å². The summed E-state index contributed by atoms with van der Waals surface area (Å²) in [7, 11) is 0. The molecule has 0 aliphatic rings. The number of nitrogens with one attached hydrogen (secondary N) is 1. The summed E-state index contributed by atoms with van der Waals surface area (Å²) in [6.45, 7) is 9.23. The molecule has 5 heteroatoms. The van der Waals surface area contributed by atoms with E-state index in [1.54, 1.807) is 0 Å². The van der Waals surface area contributed by atoms with Gasteiger partial charge in [0.15, 0.2) is 5.82 Å². The van der Waals surface area contributed by atoms with E-state index >= 15 is 0 Å². The van der Waals surface area contributed by atoms with Gasteiger partial charge in [0.25, 0.3) is 0 Å². The molecule has 0 spiro atoms. The molecule has 1 aromatic carbocycles. The molecule has 0 saturated carbocycles. The van der Waals surface area contributed by atoms with Crippen LogP contribution in [0.4, 0.5) is 5.82 Å². The second-order valence-electron chi connectivity index (χ2n) is 5.20. The Bertz CT molecular complexity index is 656. The van der Waals surface area contributed by atoms with Gasteiger partial charge in [-0.2, -0.15) is 0 Å². The van der Waals surface area contributed by atoms with Crippen LogP contribution in [0.15, 0.2) is 22.7 Å². The third kappa shape index (κ3) is 3.55. The van der Waals surface area contributed by atoms with Gasteiger partial charge in [-0.05, 0) is 38.0 Å². The van der Waals surface area contributed by atoms with Gasteiger partial charge in [-0.3, -0.25) is 0 Å². The summed E-state index contributed by atoms with van der Waals surface area (Å²) in [6, 6.07) is 5.64. The van der Waals surface area contributed by atoms with Gasteiger partial charge in [-0.25, -0.2) is 9.97 Å². The van der Waals surface area contributed by atoms with Gasteiger partial charge in [0.2, 0.25) is 0 Å². The molecule has 0 atom stereocenters. The highest BCUT2D eigenvalue weighted by atomic mass is 79.9. The molecule has 1 aromatic heterocycles. The van der Waals surface area contributed by atoms with Crippen LogP contribution in [0, 0.1) is 6.92 Å². The average molecular weight is 369 g/mol. The number of hydrogen-bond acceptors (Lipinski definition) is 3. The van der Waals surface area contributed by atoms with E-state index in [2.05, 4.69) is 47.0 Å². The van der Waals surface area contributed by atoms with Gasteiger partial charge in [-0.1, -0.05) is 41.4 Å². The summed E-state index contributed by atoms with van der Waals surface area (Å²) in [5.74, 6) is 1.96. The molecule has 112 valence electrons. The maximum atomic E-state index is 6.10. The molecule has 1 N–H and O–H groups in total. The van der Waals surface area contributed by atoms with Gasteiger partial charge in [-0.15, -0.1) is 0 Å². The van der Waals surface area contributed by atoms with Crippen molar-refractivity contribution in [2.45, 2.75) is 33.6 Å². The molecule has 0 radical (unpaired) electrons. The van der Waals surface area contributed by atoms with Crippen LogP contribution in [-0.4, -0.2) is 16.5 Å². The molecule has 2 aromatic rings. The molecule has 1 heterocycles. The molecule has 0 unspecified atom stereocenters. The number of halogens is 2. The Balaban J connectivity index is 2.63. The first-order valence-electron chi connectivity index (χ1n) is 7.01. The predicted octanol–water partition coefficient (Wildman–Crippen LogP) is 5.42. The lowest BCUT2D eigenvalue weighted by molar-refractivity contribution is 0.831. The highest BCUT2D eigenvalue weighted by Gasteiger charge is 2.16. The van der Waals surface area contributed by atoms with Gasteiger partial charge >= 0.3 is 0 Å². The topological polar surface area (TPSA) is 37.8 Å². The van der Waals surface area contributed by atoms with Crippen LogP contribution in [0.5, 0.6) is 0 Å². The fourth-order valence-electron chi connectivity index (χ4n) is 2.36. The molecular formula is C16H19BrClN3. The van der Waals surface area contributed by atoms with E-state index in [9.17, 15) is 0 Å². The van der Waals surface area contributed by atoms with Gasteiger partial charge in [0, 0.05) is 32.9 Å². The first-order valence-corrected chi connectivity index (χ1v) is 8.19. The number of anilines is 1. The average Bonchev–Trinajstić information content (AvgIpc) is 2.41. The molecule has 0 saturated heterocycles. The first kappa shape index (κ1) is 16.2. The molecule has 0 bridgehead atoms. The van der Waals surface area contributed by atoms with Crippen molar-refractivity contribution in [3.05, 3.63) is 39.0 Å². The van der Waals surface area contributed by atoms with Crippen LogP contribution in [-0.2, 0) is 0 Å². The van der Waals surface area contributed by atoms with E-state index in [0.717, 1.165) is 28.1 Å². The highest BCUT2D eigenvalue weighted by Crippen LogP contribution is 2.32. The van der Waals surface area contributed by atoms with E-state index in [1.165, 1.54) is 5.56 Å². The molecule has 21 heavy (non-hydrogen) atoms. The number of aryl methyl sites for hydroxylation is 1. The Morgan fingerprint density at radius 2 is 2.00 bits per heavy atom. The monoisotopic (exact) mass is 367 g/mol. The number of aromatic nitrogens is 2. The standard InChI is InChI=1S/C16H19BrClN3/c1-5-19-16-14(9(2)3)10(4)20-15(21-16)12-8-11(18)6-7-13(12)17/h6-9H,5H2,1-4H3,(H,19,20,21). The molecule has 2 rings (SSSR count). The Labute approximate surface area is 139 Å². The van der Waals surface area contributed by atoms with E-state index in [-0.39, 0.29) is 0 Å². The first-order chi connectivity index (χ1) is 9.93. The van der Waals surface area contributed by atoms with Crippen molar-refractivity contribution < 1.29 is 0 Å². The van der Waals surface area contributed by atoms with Crippen LogP contribution < -0.4 is 5.32 Å². The quantitative estimate of drug-likeness (QED) is 0.782. The summed E-state index contributed by atoms with van der Waals surface area (Å²) in [5, 5.41) is 4.02. The zero-order valence-corrected chi connectivity index (χ0v) is 15.0. The van der Waals surface area contributed by atoms with Crippen LogP contribution in [0.3, 0.4) is 0 Å². The fourth-order valence-corrected chi connectivity index (χ4v) is 2.96. The Hall–Kier alpha value is -1.13. The second kappa shape index (κ2) is 6.75. The van der Waals surface area contributed by atoms with Crippen molar-refractivity contribution >= 4 is 33.3 Å². The molecule has 0 amide bonds. The molecule has 0 fully saturated rings. The summed E-state index contributed by atoms with van der Waals surface area (Å²) >= 11 is 9.64. The van der Waals surface area contributed by atoms with Crippen molar-refractivity contribution in [3.63, 3.8) is 0 Å². The van der Waals surface area contributed by atoms with Crippen LogP contribution in [0.2, 0.25) is 5.02 Å². The van der Waals surface area contributed by atoms with Crippen molar-refractivity contribution in [1.29, 1.82) is 0 Å². The van der Waals surface area contributed by atoms with E-state index in [4.69, 9.17) is 16.6 Å². The zero-order chi connectivity index (χ0) is 15.6. The zero-order valence-electron chi connectivity index (χ0n) is 12.7. The molecule has 0 aliphatic heterocycles. The maximum absolute atomic E-state index is 6.10. The highest BCUT2D eigenvalue weighted by molar-refractivity contribution is 9.10. The van der Waals surface area contributed by atoms with E-state index < -0.39 is 0 Å². The third-order valence-corrected chi connectivity index (χ3v) is 4.15. The lowest BCUT2D eigenvalue weighted by atomic mass is 10.0. The number of benzene rings is 1. The Kier molecular flexibility index (Phi) is 5.22. The van der Waals surface area contributed by atoms with Crippen molar-refractivity contribution in [2.75, 3.05) is 11.9 Å². The summed E-state index contributed by atoms with van der Waals surface area (Å²) in [6.07, 6.45) is 0. The van der Waals surface area contributed by atoms with Crippen molar-refractivity contribution in [1.82, 2.24) is 9.97 Å². The number of nitrogens with zero attached hydrogens (tertiary/aromatic N) is 2. The van der Waals surface area contributed by atoms with E-state index in [1.807, 2.05) is 25.1 Å². The van der Waals surface area contributed by atoms with Gasteiger partial charge < -0.3 is 5.32 Å². The number of hydrogen-bond donors (Lipinski definition) is 1. The maximum Gasteiger partial charge on any atom is 0.162 e. The van der Waals surface area contributed by atoms with Crippen LogP contribution in [0.25, 0.3) is 11.4 Å². The lowest BCUT2D eigenvalue weighted by Gasteiger charge is -2.17. The fraction of sp³-hybridized carbons (Fsp3) is 0.375. The minimum atomic E-state index is 0.371. The number of rotatable bonds is 4. The van der Waals surface area contributed by atoms with Crippen molar-refractivity contribution in [2.24, 2.45) is 0 Å². The van der Waals surface area contributed by atoms with Crippen LogP contribution in [0.1, 0.15) is 37.9 Å². The lowest BCUT2D eigenvalue weighted by Crippen LogP contribution is -2.09. The minimum Gasteiger partial charge on any atom is -0.370 e. The third-order valence-electron chi connectivity index (χ3n) is 3.23. The summed E-state index contributed by atoms with van der Waals surface area (Å²) in [4.78, 5) is 9.38. The predicted molar refractivity (Wildman–Crippen MR) is 93.2 cm³/mol. The molecule has 0 aliphatic carbocycles. The minimum absolute atomic E-state index is 0.371. The molecule has 3 nitrogen and oxygen atoms in total. The van der Waals surface area contributed by atoms with Gasteiger partial charge in [0.1, 0.15) is 5.82 Å². The van der Waals surface area contributed by atoms with Gasteiger partial charge in [0.05, 0.1) is 0 Å². The Morgan fingerprint density at radius 1 is 1.29 bits per heavy atom. The van der Waals surface area contributed by atoms with Crippen LogP contribution >= 0.6 is 27.5 Å². The summed E-state index contributed by atoms with van der Waals surface area (Å²) < 4.78 is 0.936. The smallest absolute Gasteiger partial charge is 0.162 e. The normalized spacial score (nSPS) is 11.0. The summed E-state index contributed by atoms with van der Waals surface area (Å²) in [5.41, 5.74) is 3.07. The SMILES string of the molecule is CCNc1nc(-c2cc(Cl)ccc2Br)nc(C)c1C(C)C. The van der Waals surface area contributed by atoms with E-state index in [0.29, 0.717) is 16.8 Å². The Morgan fingerprint density at radius 3 is 2.62 bits per heavy atom. The largest absolute Gasteiger partial charge is 0.370 e. The molecular weight excluding hydrogens is 350 g/mol.